The Bertz CT molecular complexity index is 263. The van der Waals surface area contributed by atoms with Gasteiger partial charge in [-0.1, -0.05) is 18.2 Å². The van der Waals surface area contributed by atoms with E-state index in [9.17, 15) is 9.59 Å². The molecule has 70 valence electrons. The summed E-state index contributed by atoms with van der Waals surface area (Å²) in [4.78, 5) is 20.7. The molecule has 13 heavy (non-hydrogen) atoms. The Morgan fingerprint density at radius 2 is 2.38 bits per heavy atom. The van der Waals surface area contributed by atoms with Gasteiger partial charge in [0.15, 0.2) is 0 Å². The standard InChI is InChI=1S/C9H10O4/c10-7-13-9(6-8(11)12)4-2-1-3-5-9/h1-4,7H,5-6H2,(H,11,12). The number of aliphatic carboxylic acids is 1. The van der Waals surface area contributed by atoms with Crippen LogP contribution in [0.15, 0.2) is 24.3 Å². The second kappa shape index (κ2) is 3.89. The molecule has 0 aromatic rings. The zero-order valence-electron chi connectivity index (χ0n) is 6.97. The van der Waals surface area contributed by atoms with Crippen molar-refractivity contribution in [2.75, 3.05) is 0 Å². The van der Waals surface area contributed by atoms with Crippen molar-refractivity contribution in [1.82, 2.24) is 0 Å². The van der Waals surface area contributed by atoms with E-state index in [0.29, 0.717) is 6.42 Å². The van der Waals surface area contributed by atoms with Gasteiger partial charge in [-0.05, 0) is 6.08 Å². The minimum atomic E-state index is -0.984. The zero-order valence-corrected chi connectivity index (χ0v) is 6.97. The molecule has 1 rings (SSSR count). The van der Waals surface area contributed by atoms with E-state index in [2.05, 4.69) is 0 Å². The van der Waals surface area contributed by atoms with Crippen LogP contribution in [0.25, 0.3) is 0 Å². The molecule has 1 unspecified atom stereocenters. The highest BCUT2D eigenvalue weighted by molar-refractivity contribution is 5.69. The Labute approximate surface area is 75.5 Å². The number of hydrogen-bond acceptors (Lipinski definition) is 3. The second-order valence-electron chi connectivity index (χ2n) is 2.84. The Morgan fingerprint density at radius 3 is 2.85 bits per heavy atom. The molecule has 0 heterocycles. The highest BCUT2D eigenvalue weighted by atomic mass is 16.5. The quantitative estimate of drug-likeness (QED) is 0.656. The maximum absolute atomic E-state index is 10.5. The highest BCUT2D eigenvalue weighted by Crippen LogP contribution is 2.25. The van der Waals surface area contributed by atoms with Crippen molar-refractivity contribution in [2.24, 2.45) is 0 Å². The Morgan fingerprint density at radius 1 is 1.62 bits per heavy atom. The van der Waals surface area contributed by atoms with Gasteiger partial charge >= 0.3 is 5.97 Å². The first-order valence-electron chi connectivity index (χ1n) is 3.86. The molecular weight excluding hydrogens is 172 g/mol. The lowest BCUT2D eigenvalue weighted by Gasteiger charge is -2.27. The van der Waals surface area contributed by atoms with Crippen molar-refractivity contribution in [3.63, 3.8) is 0 Å². The van der Waals surface area contributed by atoms with E-state index in [1.807, 2.05) is 0 Å². The van der Waals surface area contributed by atoms with Crippen LogP contribution >= 0.6 is 0 Å². The molecule has 0 saturated heterocycles. The van der Waals surface area contributed by atoms with Gasteiger partial charge in [0.25, 0.3) is 6.47 Å². The van der Waals surface area contributed by atoms with Crippen molar-refractivity contribution in [1.29, 1.82) is 0 Å². The molecule has 0 spiro atoms. The average molecular weight is 182 g/mol. The van der Waals surface area contributed by atoms with Gasteiger partial charge in [0, 0.05) is 6.42 Å². The molecule has 0 aliphatic heterocycles. The molecule has 4 heteroatoms. The monoisotopic (exact) mass is 182 g/mol. The van der Waals surface area contributed by atoms with Crippen LogP contribution in [0.4, 0.5) is 0 Å². The van der Waals surface area contributed by atoms with Crippen molar-refractivity contribution in [3.05, 3.63) is 24.3 Å². The molecule has 0 bridgehead atoms. The van der Waals surface area contributed by atoms with E-state index in [1.54, 1.807) is 24.3 Å². The van der Waals surface area contributed by atoms with Crippen LogP contribution in [-0.2, 0) is 14.3 Å². The second-order valence-corrected chi connectivity index (χ2v) is 2.84. The van der Waals surface area contributed by atoms with Crippen LogP contribution in [-0.4, -0.2) is 23.1 Å². The van der Waals surface area contributed by atoms with Crippen LogP contribution in [0, 0.1) is 0 Å². The third kappa shape index (κ3) is 2.43. The van der Waals surface area contributed by atoms with Crippen LogP contribution in [0.1, 0.15) is 12.8 Å². The molecule has 1 N–H and O–H groups in total. The van der Waals surface area contributed by atoms with Crippen LogP contribution in [0.2, 0.25) is 0 Å². The first-order valence-corrected chi connectivity index (χ1v) is 3.86. The number of carbonyl (C=O) groups excluding carboxylic acids is 1. The SMILES string of the molecule is O=COC1(CC(=O)O)C=CC=CC1. The van der Waals surface area contributed by atoms with Gasteiger partial charge in [0.1, 0.15) is 5.60 Å². The maximum atomic E-state index is 10.5. The molecule has 1 aliphatic rings. The Kier molecular flexibility index (Phi) is 2.84. The van der Waals surface area contributed by atoms with Crippen molar-refractivity contribution in [3.8, 4) is 0 Å². The lowest BCUT2D eigenvalue weighted by Crippen LogP contribution is -2.33. The maximum Gasteiger partial charge on any atom is 0.307 e. The van der Waals surface area contributed by atoms with E-state index in [-0.39, 0.29) is 12.9 Å². The fourth-order valence-electron chi connectivity index (χ4n) is 1.26. The van der Waals surface area contributed by atoms with Gasteiger partial charge < -0.3 is 9.84 Å². The fourth-order valence-corrected chi connectivity index (χ4v) is 1.26. The number of hydrogen-bond donors (Lipinski definition) is 1. The van der Waals surface area contributed by atoms with E-state index in [1.165, 1.54) is 0 Å². The van der Waals surface area contributed by atoms with Crippen LogP contribution in [0.3, 0.4) is 0 Å². The molecule has 1 aliphatic carbocycles. The largest absolute Gasteiger partial charge is 0.481 e. The van der Waals surface area contributed by atoms with Crippen LogP contribution in [0.5, 0.6) is 0 Å². The summed E-state index contributed by atoms with van der Waals surface area (Å²) in [6.07, 6.45) is 7.04. The van der Waals surface area contributed by atoms with Gasteiger partial charge in [0.2, 0.25) is 0 Å². The van der Waals surface area contributed by atoms with Gasteiger partial charge in [-0.25, -0.2) is 0 Å². The first kappa shape index (κ1) is 9.51. The van der Waals surface area contributed by atoms with Crippen LogP contribution < -0.4 is 0 Å². The number of ether oxygens (including phenoxy) is 1. The highest BCUT2D eigenvalue weighted by Gasteiger charge is 2.31. The predicted octanol–water partition coefficient (Wildman–Crippen LogP) is 0.889. The summed E-state index contributed by atoms with van der Waals surface area (Å²) in [5.74, 6) is -0.984. The molecule has 1 atom stereocenters. The lowest BCUT2D eigenvalue weighted by molar-refractivity contribution is -0.148. The molecule has 0 aromatic heterocycles. The molecule has 0 saturated carbocycles. The summed E-state index contributed by atoms with van der Waals surface area (Å²) in [7, 11) is 0. The first-order chi connectivity index (χ1) is 6.18. The van der Waals surface area contributed by atoms with Crippen molar-refractivity contribution < 1.29 is 19.4 Å². The summed E-state index contributed by atoms with van der Waals surface area (Å²) in [6, 6.07) is 0. The Balaban J connectivity index is 2.74. The summed E-state index contributed by atoms with van der Waals surface area (Å²) in [5.41, 5.74) is -0.984. The van der Waals surface area contributed by atoms with Gasteiger partial charge in [-0.15, -0.1) is 0 Å². The smallest absolute Gasteiger partial charge is 0.307 e. The van der Waals surface area contributed by atoms with Gasteiger partial charge in [0.05, 0.1) is 6.42 Å². The molecule has 0 amide bonds. The third-order valence-corrected chi connectivity index (χ3v) is 1.84. The molecule has 0 fully saturated rings. The molecular formula is C9H10O4. The van der Waals surface area contributed by atoms with Crippen molar-refractivity contribution in [2.45, 2.75) is 18.4 Å². The Hall–Kier alpha value is -1.58. The van der Waals surface area contributed by atoms with Gasteiger partial charge in [-0.3, -0.25) is 9.59 Å². The third-order valence-electron chi connectivity index (χ3n) is 1.84. The molecule has 0 radical (unpaired) electrons. The fraction of sp³-hybridized carbons (Fsp3) is 0.333. The number of carboxylic acid groups (broad SMARTS) is 1. The normalized spacial score (nSPS) is 25.5. The summed E-state index contributed by atoms with van der Waals surface area (Å²) < 4.78 is 4.78. The zero-order chi connectivity index (χ0) is 9.73. The van der Waals surface area contributed by atoms with E-state index >= 15 is 0 Å². The number of rotatable bonds is 4. The van der Waals surface area contributed by atoms with Gasteiger partial charge in [-0.2, -0.15) is 0 Å². The summed E-state index contributed by atoms with van der Waals surface area (Å²) >= 11 is 0. The molecule has 0 aromatic carbocycles. The minimum absolute atomic E-state index is 0.202. The molecule has 4 nitrogen and oxygen atoms in total. The predicted molar refractivity (Wildman–Crippen MR) is 45.0 cm³/mol. The number of carboxylic acids is 1. The van der Waals surface area contributed by atoms with E-state index in [4.69, 9.17) is 9.84 Å². The summed E-state index contributed by atoms with van der Waals surface area (Å²) in [5, 5.41) is 8.60. The number of carbonyl (C=O) groups is 2. The minimum Gasteiger partial charge on any atom is -0.481 e. The van der Waals surface area contributed by atoms with E-state index in [0.717, 1.165) is 0 Å². The topological polar surface area (TPSA) is 63.6 Å². The van der Waals surface area contributed by atoms with Crippen molar-refractivity contribution >= 4 is 12.4 Å². The lowest BCUT2D eigenvalue weighted by atomic mass is 9.91. The number of allylic oxidation sites excluding steroid dienone is 2. The van der Waals surface area contributed by atoms with E-state index < -0.39 is 11.6 Å². The summed E-state index contributed by atoms with van der Waals surface area (Å²) in [6.45, 7) is 0.284. The average Bonchev–Trinajstić information content (AvgIpc) is 2.04.